The van der Waals surface area contributed by atoms with Crippen LogP contribution >= 0.6 is 0 Å². The van der Waals surface area contributed by atoms with E-state index in [2.05, 4.69) is 10.4 Å². The first-order valence-electron chi connectivity index (χ1n) is 4.73. The van der Waals surface area contributed by atoms with Crippen molar-refractivity contribution in [2.45, 2.75) is 19.8 Å². The third-order valence-corrected chi connectivity index (χ3v) is 2.18. The number of anilines is 2. The largest absolute Gasteiger partial charge is 0.394 e. The Bertz CT molecular complexity index is 324. The van der Waals surface area contributed by atoms with Crippen molar-refractivity contribution in [1.29, 1.82) is 0 Å². The van der Waals surface area contributed by atoms with Gasteiger partial charge in [0.05, 0.1) is 6.61 Å². The SMILES string of the molecule is CNc1c(N)c(COC(C)OC)nn1C. The van der Waals surface area contributed by atoms with E-state index in [-0.39, 0.29) is 6.29 Å². The summed E-state index contributed by atoms with van der Waals surface area (Å²) in [4.78, 5) is 0. The van der Waals surface area contributed by atoms with Gasteiger partial charge in [0.25, 0.3) is 0 Å². The maximum atomic E-state index is 5.88. The number of methoxy groups -OCH3 is 1. The minimum absolute atomic E-state index is 0.260. The summed E-state index contributed by atoms with van der Waals surface area (Å²) in [5.41, 5.74) is 7.20. The van der Waals surface area contributed by atoms with Crippen LogP contribution in [0.15, 0.2) is 0 Å². The van der Waals surface area contributed by atoms with E-state index >= 15 is 0 Å². The van der Waals surface area contributed by atoms with E-state index < -0.39 is 0 Å². The van der Waals surface area contributed by atoms with Crippen molar-refractivity contribution in [3.63, 3.8) is 0 Å². The smallest absolute Gasteiger partial charge is 0.154 e. The number of ether oxygens (including phenoxy) is 2. The molecule has 0 aliphatic heterocycles. The van der Waals surface area contributed by atoms with Crippen LogP contribution in [0.1, 0.15) is 12.6 Å². The number of nitrogens with one attached hydrogen (secondary N) is 1. The first kappa shape index (κ1) is 11.8. The van der Waals surface area contributed by atoms with Crippen molar-refractivity contribution in [3.05, 3.63) is 5.69 Å². The van der Waals surface area contributed by atoms with Gasteiger partial charge in [-0.2, -0.15) is 5.10 Å². The normalized spacial score (nSPS) is 12.8. The Labute approximate surface area is 89.3 Å². The molecule has 1 unspecified atom stereocenters. The van der Waals surface area contributed by atoms with Crippen LogP contribution in [0.4, 0.5) is 11.5 Å². The van der Waals surface area contributed by atoms with E-state index in [0.29, 0.717) is 18.0 Å². The van der Waals surface area contributed by atoms with Crippen molar-refractivity contribution >= 4 is 11.5 Å². The fourth-order valence-electron chi connectivity index (χ4n) is 1.26. The zero-order valence-corrected chi connectivity index (χ0v) is 9.57. The molecule has 0 amide bonds. The number of nitrogens with zero attached hydrogens (tertiary/aromatic N) is 2. The van der Waals surface area contributed by atoms with Gasteiger partial charge >= 0.3 is 0 Å². The number of hydrogen-bond donors (Lipinski definition) is 2. The third kappa shape index (κ3) is 2.60. The van der Waals surface area contributed by atoms with Gasteiger partial charge in [0.15, 0.2) is 6.29 Å². The van der Waals surface area contributed by atoms with E-state index in [1.807, 2.05) is 14.0 Å². The second kappa shape index (κ2) is 4.99. The molecule has 86 valence electrons. The molecule has 6 heteroatoms. The molecule has 1 atom stereocenters. The van der Waals surface area contributed by atoms with Gasteiger partial charge in [0.2, 0.25) is 0 Å². The summed E-state index contributed by atoms with van der Waals surface area (Å²) in [6.07, 6.45) is -0.260. The summed E-state index contributed by atoms with van der Waals surface area (Å²) in [5, 5.41) is 7.21. The lowest BCUT2D eigenvalue weighted by Gasteiger charge is -2.09. The highest BCUT2D eigenvalue weighted by atomic mass is 16.7. The summed E-state index contributed by atoms with van der Waals surface area (Å²) < 4.78 is 12.0. The van der Waals surface area contributed by atoms with Gasteiger partial charge in [0.1, 0.15) is 17.2 Å². The molecule has 6 nitrogen and oxygen atoms in total. The van der Waals surface area contributed by atoms with Crippen LogP contribution in [-0.2, 0) is 23.1 Å². The van der Waals surface area contributed by atoms with Crippen LogP contribution in [0.2, 0.25) is 0 Å². The Morgan fingerprint density at radius 1 is 1.60 bits per heavy atom. The minimum atomic E-state index is -0.260. The predicted octanol–water partition coefficient (Wildman–Crippen LogP) is 0.553. The molecule has 0 aliphatic carbocycles. The zero-order valence-electron chi connectivity index (χ0n) is 9.57. The quantitative estimate of drug-likeness (QED) is 0.700. The molecule has 0 saturated heterocycles. The molecule has 1 heterocycles. The summed E-state index contributed by atoms with van der Waals surface area (Å²) in [7, 11) is 5.21. The molecule has 0 fully saturated rings. The Hall–Kier alpha value is -1.27. The maximum absolute atomic E-state index is 5.88. The van der Waals surface area contributed by atoms with Gasteiger partial charge in [-0.05, 0) is 6.92 Å². The lowest BCUT2D eigenvalue weighted by atomic mass is 10.3. The van der Waals surface area contributed by atoms with Gasteiger partial charge in [-0.25, -0.2) is 0 Å². The van der Waals surface area contributed by atoms with E-state index in [9.17, 15) is 0 Å². The second-order valence-electron chi connectivity index (χ2n) is 3.20. The number of nitrogens with two attached hydrogens (primary N) is 1. The molecule has 15 heavy (non-hydrogen) atoms. The average Bonchev–Trinajstić information content (AvgIpc) is 2.50. The Morgan fingerprint density at radius 2 is 2.27 bits per heavy atom. The van der Waals surface area contributed by atoms with Gasteiger partial charge in [-0.3, -0.25) is 4.68 Å². The molecular weight excluding hydrogens is 196 g/mol. The highest BCUT2D eigenvalue weighted by Crippen LogP contribution is 2.22. The van der Waals surface area contributed by atoms with Gasteiger partial charge in [-0.1, -0.05) is 0 Å². The molecule has 1 aromatic rings. The number of rotatable bonds is 5. The van der Waals surface area contributed by atoms with Crippen LogP contribution in [0.5, 0.6) is 0 Å². The van der Waals surface area contributed by atoms with Crippen molar-refractivity contribution < 1.29 is 9.47 Å². The summed E-state index contributed by atoms with van der Waals surface area (Å²) in [6.45, 7) is 2.16. The highest BCUT2D eigenvalue weighted by Gasteiger charge is 2.12. The standard InChI is InChI=1S/C9H18N4O2/c1-6(14-4)15-5-7-8(10)9(11-2)13(3)12-7/h6,11H,5,10H2,1-4H3. The van der Waals surface area contributed by atoms with E-state index in [4.69, 9.17) is 15.2 Å². The Morgan fingerprint density at radius 3 is 2.73 bits per heavy atom. The molecular formula is C9H18N4O2. The average molecular weight is 214 g/mol. The van der Waals surface area contributed by atoms with Crippen LogP contribution < -0.4 is 11.1 Å². The fraction of sp³-hybridized carbons (Fsp3) is 0.667. The predicted molar refractivity (Wildman–Crippen MR) is 58.4 cm³/mol. The number of nitrogen functional groups attached to an aromatic ring is 1. The third-order valence-electron chi connectivity index (χ3n) is 2.18. The number of hydrogen-bond acceptors (Lipinski definition) is 5. The van der Waals surface area contributed by atoms with Crippen molar-refractivity contribution in [2.75, 3.05) is 25.2 Å². The van der Waals surface area contributed by atoms with Crippen molar-refractivity contribution in [2.24, 2.45) is 7.05 Å². The molecule has 0 bridgehead atoms. The molecule has 0 radical (unpaired) electrons. The van der Waals surface area contributed by atoms with E-state index in [0.717, 1.165) is 5.82 Å². The second-order valence-corrected chi connectivity index (χ2v) is 3.20. The Kier molecular flexibility index (Phi) is 3.93. The highest BCUT2D eigenvalue weighted by molar-refractivity contribution is 5.64. The monoisotopic (exact) mass is 214 g/mol. The molecule has 1 rings (SSSR count). The van der Waals surface area contributed by atoms with Crippen LogP contribution in [0.3, 0.4) is 0 Å². The van der Waals surface area contributed by atoms with E-state index in [1.54, 1.807) is 18.8 Å². The molecule has 0 aliphatic rings. The van der Waals surface area contributed by atoms with Gasteiger partial charge in [-0.15, -0.1) is 0 Å². The number of aromatic nitrogens is 2. The molecule has 0 aromatic carbocycles. The summed E-state index contributed by atoms with van der Waals surface area (Å²) in [5.74, 6) is 0.790. The molecule has 3 N–H and O–H groups in total. The first-order valence-corrected chi connectivity index (χ1v) is 4.73. The lowest BCUT2D eigenvalue weighted by Crippen LogP contribution is -2.10. The molecule has 0 saturated carbocycles. The zero-order chi connectivity index (χ0) is 11.4. The van der Waals surface area contributed by atoms with E-state index in [1.165, 1.54) is 0 Å². The van der Waals surface area contributed by atoms with Crippen LogP contribution in [0, 0.1) is 0 Å². The fourth-order valence-corrected chi connectivity index (χ4v) is 1.26. The molecule has 1 aromatic heterocycles. The van der Waals surface area contributed by atoms with Crippen LogP contribution in [0.25, 0.3) is 0 Å². The summed E-state index contributed by atoms with van der Waals surface area (Å²) in [6, 6.07) is 0. The molecule has 0 spiro atoms. The van der Waals surface area contributed by atoms with Crippen LogP contribution in [-0.4, -0.2) is 30.2 Å². The van der Waals surface area contributed by atoms with Crippen molar-refractivity contribution in [1.82, 2.24) is 9.78 Å². The van der Waals surface area contributed by atoms with Gasteiger partial charge in [0, 0.05) is 21.2 Å². The lowest BCUT2D eigenvalue weighted by molar-refractivity contribution is -0.119. The topological polar surface area (TPSA) is 74.3 Å². The first-order chi connectivity index (χ1) is 7.10. The van der Waals surface area contributed by atoms with Gasteiger partial charge < -0.3 is 20.5 Å². The minimum Gasteiger partial charge on any atom is -0.394 e. The Balaban J connectivity index is 2.70. The summed E-state index contributed by atoms with van der Waals surface area (Å²) >= 11 is 0. The maximum Gasteiger partial charge on any atom is 0.154 e. The van der Waals surface area contributed by atoms with Crippen molar-refractivity contribution in [3.8, 4) is 0 Å². The number of aryl methyl sites for hydroxylation is 1.